The Morgan fingerprint density at radius 1 is 1.53 bits per heavy atom. The average molecular weight is 239 g/mol. The fraction of sp³-hybridized carbons (Fsp3) is 0.417. The van der Waals surface area contributed by atoms with Crippen molar-refractivity contribution >= 4 is 5.97 Å². The summed E-state index contributed by atoms with van der Waals surface area (Å²) in [7, 11) is 1.30. The zero-order valence-corrected chi connectivity index (χ0v) is 9.76. The van der Waals surface area contributed by atoms with Gasteiger partial charge in [-0.1, -0.05) is 12.1 Å². The summed E-state index contributed by atoms with van der Waals surface area (Å²) in [5.74, 6) is 0.200. The highest BCUT2D eigenvalue weighted by Crippen LogP contribution is 2.13. The van der Waals surface area contributed by atoms with Gasteiger partial charge in [0.15, 0.2) is 0 Å². The monoisotopic (exact) mass is 239 g/mol. The molecule has 0 saturated heterocycles. The third-order valence-corrected chi connectivity index (χ3v) is 2.28. The summed E-state index contributed by atoms with van der Waals surface area (Å²) in [5.41, 5.74) is 6.33. The van der Waals surface area contributed by atoms with E-state index in [1.807, 2.05) is 0 Å². The first kappa shape index (κ1) is 13.5. The molecule has 1 atom stereocenters. The molecule has 0 bridgehead atoms. The number of benzene rings is 1. The Morgan fingerprint density at radius 3 is 2.94 bits per heavy atom. The second-order valence-corrected chi connectivity index (χ2v) is 3.57. The molecule has 0 heterocycles. The zero-order valence-electron chi connectivity index (χ0n) is 9.76. The van der Waals surface area contributed by atoms with Gasteiger partial charge >= 0.3 is 5.97 Å². The van der Waals surface area contributed by atoms with Crippen LogP contribution in [-0.2, 0) is 16.1 Å². The van der Waals surface area contributed by atoms with Crippen molar-refractivity contribution in [1.29, 1.82) is 0 Å². The van der Waals surface area contributed by atoms with Gasteiger partial charge in [0.1, 0.15) is 11.8 Å². The summed E-state index contributed by atoms with van der Waals surface area (Å²) in [6.07, 6.45) is 0.385. The number of carbonyl (C=O) groups excluding carboxylic acids is 1. The minimum absolute atomic E-state index is 0.0289. The molecule has 1 unspecified atom stereocenters. The average Bonchev–Trinajstić information content (AvgIpc) is 2.37. The number of aliphatic hydroxyl groups is 1. The number of methoxy groups -OCH3 is 1. The van der Waals surface area contributed by atoms with E-state index in [0.717, 1.165) is 5.56 Å². The fourth-order valence-electron chi connectivity index (χ4n) is 1.31. The number of aliphatic hydroxyl groups excluding tert-OH is 1. The van der Waals surface area contributed by atoms with Crippen molar-refractivity contribution in [3.05, 3.63) is 29.8 Å². The summed E-state index contributed by atoms with van der Waals surface area (Å²) in [6, 6.07) is 6.45. The summed E-state index contributed by atoms with van der Waals surface area (Å²) in [6.45, 7) is 0.296. The lowest BCUT2D eigenvalue weighted by Crippen LogP contribution is -2.33. The van der Waals surface area contributed by atoms with Crippen molar-refractivity contribution < 1.29 is 19.4 Å². The van der Waals surface area contributed by atoms with E-state index in [-0.39, 0.29) is 6.61 Å². The number of carbonyl (C=O) groups is 1. The summed E-state index contributed by atoms with van der Waals surface area (Å²) >= 11 is 0. The molecule has 1 rings (SSSR count). The van der Waals surface area contributed by atoms with Crippen LogP contribution in [0, 0.1) is 0 Å². The van der Waals surface area contributed by atoms with Crippen molar-refractivity contribution in [2.75, 3.05) is 13.7 Å². The number of ether oxygens (including phenoxy) is 2. The van der Waals surface area contributed by atoms with E-state index in [1.54, 1.807) is 24.3 Å². The topological polar surface area (TPSA) is 81.8 Å². The van der Waals surface area contributed by atoms with Crippen LogP contribution in [0.5, 0.6) is 5.75 Å². The second-order valence-electron chi connectivity index (χ2n) is 3.57. The Labute approximate surface area is 100 Å². The molecule has 0 amide bonds. The van der Waals surface area contributed by atoms with Crippen LogP contribution in [-0.4, -0.2) is 30.8 Å². The van der Waals surface area contributed by atoms with Crippen LogP contribution in [0.2, 0.25) is 0 Å². The molecule has 3 N–H and O–H groups in total. The Hall–Kier alpha value is -1.59. The number of esters is 1. The van der Waals surface area contributed by atoms with Crippen LogP contribution in [0.4, 0.5) is 0 Å². The van der Waals surface area contributed by atoms with Crippen molar-refractivity contribution in [2.45, 2.75) is 19.1 Å². The minimum atomic E-state index is -0.666. The molecular weight excluding hydrogens is 222 g/mol. The van der Waals surface area contributed by atoms with Crippen molar-refractivity contribution in [3.63, 3.8) is 0 Å². The molecule has 0 aliphatic carbocycles. The molecule has 5 heteroatoms. The van der Waals surface area contributed by atoms with E-state index in [9.17, 15) is 4.79 Å². The predicted octanol–water partition coefficient (Wildman–Crippen LogP) is 0.448. The first-order valence-corrected chi connectivity index (χ1v) is 5.33. The van der Waals surface area contributed by atoms with Gasteiger partial charge in [0, 0.05) is 6.42 Å². The van der Waals surface area contributed by atoms with Crippen molar-refractivity contribution in [2.24, 2.45) is 5.73 Å². The molecule has 0 aromatic heterocycles. The third-order valence-electron chi connectivity index (χ3n) is 2.28. The maximum atomic E-state index is 11.0. The van der Waals surface area contributed by atoms with Gasteiger partial charge in [-0.3, -0.25) is 4.79 Å². The van der Waals surface area contributed by atoms with E-state index < -0.39 is 12.0 Å². The standard InChI is InChI=1S/C12H17NO4/c1-16-12(15)11(13)5-6-17-10-4-2-3-9(7-10)8-14/h2-4,7,11,14H,5-6,8,13H2,1H3. The highest BCUT2D eigenvalue weighted by molar-refractivity contribution is 5.75. The molecule has 1 aromatic carbocycles. The second kappa shape index (κ2) is 6.88. The maximum absolute atomic E-state index is 11.0. The summed E-state index contributed by atoms with van der Waals surface area (Å²) < 4.78 is 9.91. The van der Waals surface area contributed by atoms with Gasteiger partial charge in [-0.2, -0.15) is 0 Å². The number of rotatable bonds is 6. The highest BCUT2D eigenvalue weighted by atomic mass is 16.5. The lowest BCUT2D eigenvalue weighted by molar-refractivity contribution is -0.142. The van der Waals surface area contributed by atoms with Crippen LogP contribution in [0.1, 0.15) is 12.0 Å². The summed E-state index contributed by atoms with van der Waals surface area (Å²) in [4.78, 5) is 11.0. The Morgan fingerprint density at radius 2 is 2.29 bits per heavy atom. The van der Waals surface area contributed by atoms with E-state index >= 15 is 0 Å². The van der Waals surface area contributed by atoms with Gasteiger partial charge in [0.05, 0.1) is 20.3 Å². The quantitative estimate of drug-likeness (QED) is 0.704. The van der Waals surface area contributed by atoms with Gasteiger partial charge < -0.3 is 20.3 Å². The summed E-state index contributed by atoms with van der Waals surface area (Å²) in [5, 5.41) is 8.94. The van der Waals surface area contributed by atoms with Crippen LogP contribution in [0.25, 0.3) is 0 Å². The van der Waals surface area contributed by atoms with Gasteiger partial charge in [0.2, 0.25) is 0 Å². The van der Waals surface area contributed by atoms with Gasteiger partial charge in [-0.25, -0.2) is 0 Å². The molecule has 0 spiro atoms. The molecule has 0 radical (unpaired) electrons. The van der Waals surface area contributed by atoms with Crippen LogP contribution >= 0.6 is 0 Å². The van der Waals surface area contributed by atoms with Crippen LogP contribution in [0.3, 0.4) is 0 Å². The molecule has 17 heavy (non-hydrogen) atoms. The zero-order chi connectivity index (χ0) is 12.7. The third kappa shape index (κ3) is 4.42. The van der Waals surface area contributed by atoms with Crippen molar-refractivity contribution in [3.8, 4) is 5.75 Å². The van der Waals surface area contributed by atoms with E-state index in [2.05, 4.69) is 4.74 Å². The highest BCUT2D eigenvalue weighted by Gasteiger charge is 2.13. The molecule has 0 aliphatic rings. The van der Waals surface area contributed by atoms with Crippen LogP contribution < -0.4 is 10.5 Å². The molecular formula is C12H17NO4. The van der Waals surface area contributed by atoms with E-state index in [1.165, 1.54) is 7.11 Å². The SMILES string of the molecule is COC(=O)C(N)CCOc1cccc(CO)c1. The molecule has 5 nitrogen and oxygen atoms in total. The van der Waals surface area contributed by atoms with Gasteiger partial charge in [0.25, 0.3) is 0 Å². The largest absolute Gasteiger partial charge is 0.494 e. The number of hydrogen-bond acceptors (Lipinski definition) is 5. The Bertz CT molecular complexity index is 367. The molecule has 0 aliphatic heterocycles. The van der Waals surface area contributed by atoms with E-state index in [0.29, 0.717) is 18.8 Å². The fourth-order valence-corrected chi connectivity index (χ4v) is 1.31. The molecule has 0 fully saturated rings. The van der Waals surface area contributed by atoms with Crippen molar-refractivity contribution in [1.82, 2.24) is 0 Å². The Kier molecular flexibility index (Phi) is 5.45. The Balaban J connectivity index is 2.37. The molecule has 94 valence electrons. The van der Waals surface area contributed by atoms with Gasteiger partial charge in [-0.05, 0) is 17.7 Å². The number of hydrogen-bond donors (Lipinski definition) is 2. The van der Waals surface area contributed by atoms with Gasteiger partial charge in [-0.15, -0.1) is 0 Å². The predicted molar refractivity (Wildman–Crippen MR) is 62.5 cm³/mol. The normalized spacial score (nSPS) is 11.9. The molecule has 0 saturated carbocycles. The van der Waals surface area contributed by atoms with E-state index in [4.69, 9.17) is 15.6 Å². The number of nitrogens with two attached hydrogens (primary N) is 1. The van der Waals surface area contributed by atoms with Crippen LogP contribution in [0.15, 0.2) is 24.3 Å². The first-order valence-electron chi connectivity index (χ1n) is 5.33. The lowest BCUT2D eigenvalue weighted by Gasteiger charge is -2.10. The smallest absolute Gasteiger partial charge is 0.322 e. The first-order chi connectivity index (χ1) is 8.17. The lowest BCUT2D eigenvalue weighted by atomic mass is 10.2. The minimum Gasteiger partial charge on any atom is -0.494 e. The maximum Gasteiger partial charge on any atom is 0.322 e. The molecule has 1 aromatic rings.